The van der Waals surface area contributed by atoms with Crippen molar-refractivity contribution in [1.82, 2.24) is 4.90 Å². The smallest absolute Gasteiger partial charge is 0.0221 e. The average Bonchev–Trinajstić information content (AvgIpc) is 2.23. The lowest BCUT2D eigenvalue weighted by molar-refractivity contribution is 0.0787. The van der Waals surface area contributed by atoms with Crippen LogP contribution in [0.2, 0.25) is 0 Å². The number of nitrogens with zero attached hydrogens (tertiary/aromatic N) is 1. The number of hydrogen-bond acceptors (Lipinski definition) is 2. The number of nitrogens with two attached hydrogens (primary N) is 1. The molecule has 1 aliphatic carbocycles. The second-order valence-electron chi connectivity index (χ2n) is 5.48. The van der Waals surface area contributed by atoms with Crippen molar-refractivity contribution in [2.45, 2.75) is 51.5 Å². The van der Waals surface area contributed by atoms with Gasteiger partial charge in [-0.05, 0) is 44.1 Å². The molecule has 1 heterocycles. The fourth-order valence-electron chi connectivity index (χ4n) is 3.05. The van der Waals surface area contributed by atoms with Crippen LogP contribution in [0.25, 0.3) is 0 Å². The predicted molar refractivity (Wildman–Crippen MR) is 64.8 cm³/mol. The summed E-state index contributed by atoms with van der Waals surface area (Å²) in [5.74, 6) is 1.94. The molecule has 1 aliphatic heterocycles. The molecule has 0 radical (unpaired) electrons. The van der Waals surface area contributed by atoms with E-state index in [-0.39, 0.29) is 0 Å². The Hall–Kier alpha value is -0.0800. The molecule has 2 aliphatic rings. The van der Waals surface area contributed by atoms with E-state index in [4.69, 9.17) is 5.73 Å². The normalized spacial score (nSPS) is 34.0. The third-order valence-corrected chi connectivity index (χ3v) is 4.51. The molecule has 15 heavy (non-hydrogen) atoms. The van der Waals surface area contributed by atoms with Gasteiger partial charge in [-0.25, -0.2) is 0 Å². The topological polar surface area (TPSA) is 29.3 Å². The van der Waals surface area contributed by atoms with Crippen molar-refractivity contribution < 1.29 is 0 Å². The van der Waals surface area contributed by atoms with E-state index >= 15 is 0 Å². The van der Waals surface area contributed by atoms with Crippen LogP contribution in [0.4, 0.5) is 0 Å². The zero-order chi connectivity index (χ0) is 10.7. The van der Waals surface area contributed by atoms with E-state index in [1.165, 1.54) is 51.6 Å². The van der Waals surface area contributed by atoms with Gasteiger partial charge < -0.3 is 5.73 Å². The Morgan fingerprint density at radius 3 is 2.53 bits per heavy atom. The largest absolute Gasteiger partial charge is 0.329 e. The maximum absolute atomic E-state index is 5.90. The van der Waals surface area contributed by atoms with Gasteiger partial charge >= 0.3 is 0 Å². The molecule has 2 atom stereocenters. The Balaban J connectivity index is 1.81. The van der Waals surface area contributed by atoms with E-state index in [2.05, 4.69) is 11.8 Å². The fourth-order valence-corrected chi connectivity index (χ4v) is 3.05. The van der Waals surface area contributed by atoms with Gasteiger partial charge in [0.05, 0.1) is 0 Å². The van der Waals surface area contributed by atoms with Crippen LogP contribution in [0, 0.1) is 11.8 Å². The summed E-state index contributed by atoms with van der Waals surface area (Å²) in [6.45, 7) is 5.82. The third kappa shape index (κ3) is 2.73. The minimum Gasteiger partial charge on any atom is -0.329 e. The fraction of sp³-hybridized carbons (Fsp3) is 1.00. The van der Waals surface area contributed by atoms with Gasteiger partial charge in [0, 0.05) is 19.1 Å². The lowest BCUT2D eigenvalue weighted by Gasteiger charge is -2.42. The highest BCUT2D eigenvalue weighted by atomic mass is 15.2. The van der Waals surface area contributed by atoms with Crippen molar-refractivity contribution in [3.8, 4) is 0 Å². The Morgan fingerprint density at radius 1 is 1.20 bits per heavy atom. The highest BCUT2D eigenvalue weighted by molar-refractivity contribution is 4.84. The molecule has 2 unspecified atom stereocenters. The van der Waals surface area contributed by atoms with Gasteiger partial charge in [0.1, 0.15) is 0 Å². The van der Waals surface area contributed by atoms with E-state index in [0.29, 0.717) is 6.04 Å². The Kier molecular flexibility index (Phi) is 4.04. The first-order valence-electron chi connectivity index (χ1n) is 6.77. The molecular weight excluding hydrogens is 184 g/mol. The van der Waals surface area contributed by atoms with Crippen molar-refractivity contribution in [2.24, 2.45) is 17.6 Å². The molecule has 0 aromatic heterocycles. The molecule has 0 aromatic carbocycles. The number of likely N-dealkylation sites (tertiary alicyclic amines) is 1. The number of rotatable bonds is 4. The van der Waals surface area contributed by atoms with Crippen LogP contribution in [0.5, 0.6) is 0 Å². The first-order valence-corrected chi connectivity index (χ1v) is 6.77. The van der Waals surface area contributed by atoms with Crippen LogP contribution in [-0.2, 0) is 0 Å². The summed E-state index contributed by atoms with van der Waals surface area (Å²) < 4.78 is 0. The molecule has 2 rings (SSSR count). The molecule has 2 N–H and O–H groups in total. The third-order valence-electron chi connectivity index (χ3n) is 4.51. The van der Waals surface area contributed by atoms with Gasteiger partial charge in [-0.2, -0.15) is 0 Å². The van der Waals surface area contributed by atoms with Crippen LogP contribution < -0.4 is 5.73 Å². The summed E-state index contributed by atoms with van der Waals surface area (Å²) in [4.78, 5) is 2.68. The van der Waals surface area contributed by atoms with E-state index in [1.54, 1.807) is 0 Å². The lowest BCUT2D eigenvalue weighted by atomic mass is 9.82. The molecule has 88 valence electrons. The van der Waals surface area contributed by atoms with Crippen molar-refractivity contribution in [2.75, 3.05) is 19.6 Å². The molecule has 0 bridgehead atoms. The molecule has 2 fully saturated rings. The molecule has 1 saturated carbocycles. The van der Waals surface area contributed by atoms with Crippen LogP contribution in [0.15, 0.2) is 0 Å². The Labute approximate surface area is 94.2 Å². The summed E-state index contributed by atoms with van der Waals surface area (Å²) in [7, 11) is 0. The molecule has 2 heteroatoms. The van der Waals surface area contributed by atoms with Gasteiger partial charge in [0.25, 0.3) is 0 Å². The van der Waals surface area contributed by atoms with E-state index in [1.807, 2.05) is 0 Å². The molecule has 2 nitrogen and oxygen atoms in total. The minimum atomic E-state index is 0.685. The number of piperidine rings is 1. The van der Waals surface area contributed by atoms with Crippen molar-refractivity contribution in [3.63, 3.8) is 0 Å². The molecule has 0 aromatic rings. The quantitative estimate of drug-likeness (QED) is 0.771. The highest BCUT2D eigenvalue weighted by Gasteiger charge is 2.29. The summed E-state index contributed by atoms with van der Waals surface area (Å²) in [5, 5.41) is 0. The molecular formula is C13H26N2. The molecule has 0 spiro atoms. The zero-order valence-corrected chi connectivity index (χ0v) is 10.1. The lowest BCUT2D eigenvalue weighted by Crippen LogP contribution is -2.49. The maximum Gasteiger partial charge on any atom is 0.0221 e. The van der Waals surface area contributed by atoms with Gasteiger partial charge in [-0.3, -0.25) is 4.90 Å². The van der Waals surface area contributed by atoms with E-state index < -0.39 is 0 Å². The van der Waals surface area contributed by atoms with E-state index in [0.717, 1.165) is 18.4 Å². The van der Waals surface area contributed by atoms with Crippen LogP contribution >= 0.6 is 0 Å². The van der Waals surface area contributed by atoms with Crippen molar-refractivity contribution in [1.29, 1.82) is 0 Å². The zero-order valence-electron chi connectivity index (χ0n) is 10.1. The molecule has 1 saturated heterocycles. The minimum absolute atomic E-state index is 0.685. The van der Waals surface area contributed by atoms with Crippen LogP contribution in [0.1, 0.15) is 45.4 Å². The second-order valence-corrected chi connectivity index (χ2v) is 5.48. The SMILES string of the molecule is CCC1CCN(CC2CCC2)C(CN)C1. The first-order chi connectivity index (χ1) is 7.33. The Bertz CT molecular complexity index is 189. The van der Waals surface area contributed by atoms with Gasteiger partial charge in [-0.15, -0.1) is 0 Å². The summed E-state index contributed by atoms with van der Waals surface area (Å²) >= 11 is 0. The number of hydrogen-bond donors (Lipinski definition) is 1. The first kappa shape index (κ1) is 11.4. The summed E-state index contributed by atoms with van der Waals surface area (Å²) in [6.07, 6.45) is 8.48. The standard InChI is InChI=1S/C13H26N2/c1-2-11-6-7-15(13(8-11)9-14)10-12-4-3-5-12/h11-13H,2-10,14H2,1H3. The summed E-state index contributed by atoms with van der Waals surface area (Å²) in [5.41, 5.74) is 5.90. The van der Waals surface area contributed by atoms with Gasteiger partial charge in [0.2, 0.25) is 0 Å². The van der Waals surface area contributed by atoms with Crippen LogP contribution in [-0.4, -0.2) is 30.6 Å². The summed E-state index contributed by atoms with van der Waals surface area (Å²) in [6, 6.07) is 0.685. The van der Waals surface area contributed by atoms with Gasteiger partial charge in [0.15, 0.2) is 0 Å². The molecule has 0 amide bonds. The average molecular weight is 210 g/mol. The Morgan fingerprint density at radius 2 is 2.00 bits per heavy atom. The van der Waals surface area contributed by atoms with Gasteiger partial charge in [-0.1, -0.05) is 19.8 Å². The second kappa shape index (κ2) is 5.31. The van der Waals surface area contributed by atoms with Crippen molar-refractivity contribution in [3.05, 3.63) is 0 Å². The highest BCUT2D eigenvalue weighted by Crippen LogP contribution is 2.31. The van der Waals surface area contributed by atoms with E-state index in [9.17, 15) is 0 Å². The monoisotopic (exact) mass is 210 g/mol. The maximum atomic E-state index is 5.90. The van der Waals surface area contributed by atoms with Crippen LogP contribution in [0.3, 0.4) is 0 Å². The van der Waals surface area contributed by atoms with Crippen molar-refractivity contribution >= 4 is 0 Å². The predicted octanol–water partition coefficient (Wildman–Crippen LogP) is 2.24.